The van der Waals surface area contributed by atoms with Gasteiger partial charge >= 0.3 is 5.76 Å². The van der Waals surface area contributed by atoms with Crippen LogP contribution in [-0.4, -0.2) is 24.8 Å². The number of nitrogens with zero attached hydrogens (tertiary/aromatic N) is 1. The van der Waals surface area contributed by atoms with Crippen molar-refractivity contribution in [3.05, 3.63) is 16.4 Å². The minimum absolute atomic E-state index is 0.0255. The lowest BCUT2D eigenvalue weighted by atomic mass is 10.7. The van der Waals surface area contributed by atoms with Crippen LogP contribution in [0.5, 0.6) is 0 Å². The standard InChI is InChI=1S/C4H6N2O4S/c1-11(8,9)2-3-5-4(7)10-6-3/h2H2,1H3,(H,5,6,7). The molecule has 1 aromatic rings. The summed E-state index contributed by atoms with van der Waals surface area (Å²) in [5.74, 6) is -1.03. The van der Waals surface area contributed by atoms with Gasteiger partial charge in [0, 0.05) is 6.26 Å². The smallest absolute Gasteiger partial charge is 0.296 e. The van der Waals surface area contributed by atoms with Crippen LogP contribution in [-0.2, 0) is 15.6 Å². The fourth-order valence-corrected chi connectivity index (χ4v) is 1.19. The lowest BCUT2D eigenvalue weighted by molar-refractivity contribution is 0.382. The van der Waals surface area contributed by atoms with E-state index in [4.69, 9.17) is 0 Å². The first-order chi connectivity index (χ1) is 4.97. The highest BCUT2D eigenvalue weighted by Crippen LogP contribution is 1.93. The van der Waals surface area contributed by atoms with Crippen LogP contribution < -0.4 is 5.76 Å². The Morgan fingerprint density at radius 1 is 1.64 bits per heavy atom. The second-order valence-corrected chi connectivity index (χ2v) is 4.25. The Morgan fingerprint density at radius 3 is 2.64 bits per heavy atom. The van der Waals surface area contributed by atoms with E-state index in [2.05, 4.69) is 14.7 Å². The molecule has 0 amide bonds. The number of hydrogen-bond acceptors (Lipinski definition) is 5. The van der Waals surface area contributed by atoms with Gasteiger partial charge in [0.25, 0.3) is 0 Å². The molecule has 0 aliphatic rings. The highest BCUT2D eigenvalue weighted by Gasteiger charge is 2.08. The zero-order valence-corrected chi connectivity index (χ0v) is 6.51. The van der Waals surface area contributed by atoms with Gasteiger partial charge in [-0.05, 0) is 0 Å². The van der Waals surface area contributed by atoms with E-state index >= 15 is 0 Å². The van der Waals surface area contributed by atoms with Gasteiger partial charge in [0.15, 0.2) is 15.7 Å². The van der Waals surface area contributed by atoms with E-state index in [1.807, 2.05) is 0 Å². The van der Waals surface area contributed by atoms with Gasteiger partial charge in [-0.2, -0.15) is 0 Å². The van der Waals surface area contributed by atoms with E-state index in [9.17, 15) is 13.2 Å². The Balaban J connectivity index is 2.90. The first-order valence-corrected chi connectivity index (χ1v) is 4.76. The first kappa shape index (κ1) is 7.99. The van der Waals surface area contributed by atoms with Crippen LogP contribution in [0.25, 0.3) is 0 Å². The number of nitrogens with one attached hydrogen (secondary N) is 1. The Labute approximate surface area is 62.1 Å². The molecule has 0 saturated carbocycles. The van der Waals surface area contributed by atoms with Crippen molar-refractivity contribution in [3.8, 4) is 0 Å². The molecular formula is C4H6N2O4S. The van der Waals surface area contributed by atoms with E-state index < -0.39 is 15.6 Å². The van der Waals surface area contributed by atoms with Gasteiger partial charge in [-0.1, -0.05) is 5.16 Å². The van der Waals surface area contributed by atoms with Crippen LogP contribution in [0.3, 0.4) is 0 Å². The van der Waals surface area contributed by atoms with Gasteiger partial charge in [0.05, 0.1) is 0 Å². The van der Waals surface area contributed by atoms with E-state index in [1.54, 1.807) is 0 Å². The molecule has 0 aliphatic carbocycles. The fourth-order valence-electron chi connectivity index (χ4n) is 0.571. The van der Waals surface area contributed by atoms with Crippen molar-refractivity contribution < 1.29 is 12.9 Å². The molecule has 1 N–H and O–H groups in total. The maximum absolute atomic E-state index is 10.6. The topological polar surface area (TPSA) is 93.0 Å². The molecule has 11 heavy (non-hydrogen) atoms. The Hall–Kier alpha value is -1.11. The molecule has 0 aliphatic heterocycles. The third-order valence-electron chi connectivity index (χ3n) is 0.884. The molecule has 1 rings (SSSR count). The Kier molecular flexibility index (Phi) is 1.81. The van der Waals surface area contributed by atoms with Crippen LogP contribution in [0.1, 0.15) is 5.82 Å². The number of sulfone groups is 1. The minimum atomic E-state index is -3.16. The molecule has 0 fully saturated rings. The Bertz CT molecular complexity index is 386. The summed E-state index contributed by atoms with van der Waals surface area (Å²) in [6, 6.07) is 0. The van der Waals surface area contributed by atoms with Gasteiger partial charge < -0.3 is 0 Å². The average Bonchev–Trinajstić information content (AvgIpc) is 2.10. The molecule has 62 valence electrons. The van der Waals surface area contributed by atoms with Crippen LogP contribution >= 0.6 is 0 Å². The summed E-state index contributed by atoms with van der Waals surface area (Å²) in [6.45, 7) is 0. The van der Waals surface area contributed by atoms with Crippen LogP contribution in [0.15, 0.2) is 9.32 Å². The lowest BCUT2D eigenvalue weighted by Gasteiger charge is -1.88. The molecule has 0 bridgehead atoms. The molecule has 6 nitrogen and oxygen atoms in total. The maximum Gasteiger partial charge on any atom is 0.438 e. The number of H-pyrrole nitrogens is 1. The van der Waals surface area contributed by atoms with Crippen molar-refractivity contribution in [2.45, 2.75) is 5.75 Å². The summed E-state index contributed by atoms with van der Waals surface area (Å²) in [7, 11) is -3.16. The average molecular weight is 178 g/mol. The van der Waals surface area contributed by atoms with Gasteiger partial charge in [-0.3, -0.25) is 9.51 Å². The molecule has 1 aromatic heterocycles. The molecule has 0 unspecified atom stereocenters. The van der Waals surface area contributed by atoms with Crippen molar-refractivity contribution in [2.24, 2.45) is 0 Å². The lowest BCUT2D eigenvalue weighted by Crippen LogP contribution is -2.04. The van der Waals surface area contributed by atoms with Crippen LogP contribution in [0.2, 0.25) is 0 Å². The molecule has 0 saturated heterocycles. The second kappa shape index (κ2) is 2.50. The number of hydrogen-bond donors (Lipinski definition) is 1. The zero-order chi connectivity index (χ0) is 8.48. The number of aromatic nitrogens is 2. The number of aromatic amines is 1. The summed E-state index contributed by atoms with van der Waals surface area (Å²) >= 11 is 0. The van der Waals surface area contributed by atoms with Crippen molar-refractivity contribution >= 4 is 9.84 Å². The Morgan fingerprint density at radius 2 is 2.27 bits per heavy atom. The van der Waals surface area contributed by atoms with Crippen LogP contribution in [0, 0.1) is 0 Å². The van der Waals surface area contributed by atoms with E-state index in [-0.39, 0.29) is 11.6 Å². The highest BCUT2D eigenvalue weighted by atomic mass is 32.2. The summed E-state index contributed by atoms with van der Waals surface area (Å²) in [5.41, 5.74) is 0. The van der Waals surface area contributed by atoms with Gasteiger partial charge in [-0.15, -0.1) is 0 Å². The maximum atomic E-state index is 10.6. The van der Waals surface area contributed by atoms with Crippen molar-refractivity contribution in [3.63, 3.8) is 0 Å². The molecule has 0 radical (unpaired) electrons. The summed E-state index contributed by atoms with van der Waals surface area (Å²) in [5, 5.41) is 3.18. The predicted octanol–water partition coefficient (Wildman–Crippen LogP) is -1.09. The third-order valence-corrected chi connectivity index (χ3v) is 1.68. The quantitative estimate of drug-likeness (QED) is 0.621. The number of rotatable bonds is 2. The summed E-state index contributed by atoms with van der Waals surface area (Å²) in [6.07, 6.45) is 1.04. The van der Waals surface area contributed by atoms with E-state index in [0.717, 1.165) is 6.26 Å². The highest BCUT2D eigenvalue weighted by molar-refractivity contribution is 7.89. The molecule has 0 atom stereocenters. The fraction of sp³-hybridized carbons (Fsp3) is 0.500. The van der Waals surface area contributed by atoms with Gasteiger partial charge in [-0.25, -0.2) is 13.2 Å². The summed E-state index contributed by atoms with van der Waals surface area (Å²) in [4.78, 5) is 12.4. The monoisotopic (exact) mass is 178 g/mol. The van der Waals surface area contributed by atoms with Crippen LogP contribution in [0.4, 0.5) is 0 Å². The molecular weight excluding hydrogens is 172 g/mol. The van der Waals surface area contributed by atoms with Gasteiger partial charge in [0.1, 0.15) is 5.75 Å². The van der Waals surface area contributed by atoms with Crippen molar-refractivity contribution in [1.29, 1.82) is 0 Å². The SMILES string of the molecule is CS(=O)(=O)Cc1noc(=O)[nH]1. The molecule has 1 heterocycles. The first-order valence-electron chi connectivity index (χ1n) is 2.70. The van der Waals surface area contributed by atoms with E-state index in [0.29, 0.717) is 0 Å². The third kappa shape index (κ3) is 2.54. The minimum Gasteiger partial charge on any atom is -0.296 e. The molecule has 7 heteroatoms. The molecule has 0 aromatic carbocycles. The predicted molar refractivity (Wildman–Crippen MR) is 35.7 cm³/mol. The molecule has 0 spiro atoms. The second-order valence-electron chi connectivity index (χ2n) is 2.11. The van der Waals surface area contributed by atoms with Crippen molar-refractivity contribution in [2.75, 3.05) is 6.26 Å². The summed E-state index contributed by atoms with van der Waals surface area (Å²) < 4.78 is 25.3. The van der Waals surface area contributed by atoms with Crippen molar-refractivity contribution in [1.82, 2.24) is 10.1 Å². The normalized spacial score (nSPS) is 11.7. The zero-order valence-electron chi connectivity index (χ0n) is 5.70. The van der Waals surface area contributed by atoms with Gasteiger partial charge in [0.2, 0.25) is 0 Å². The van der Waals surface area contributed by atoms with E-state index in [1.165, 1.54) is 0 Å². The largest absolute Gasteiger partial charge is 0.438 e.